The van der Waals surface area contributed by atoms with E-state index in [1.54, 1.807) is 6.07 Å². The lowest BCUT2D eigenvalue weighted by atomic mass is 10.2. The average Bonchev–Trinajstić information content (AvgIpc) is 3.29. The molecule has 0 spiro atoms. The van der Waals surface area contributed by atoms with Crippen LogP contribution in [0.1, 0.15) is 31.4 Å². The molecule has 2 aromatic rings. The third kappa shape index (κ3) is 3.13. The fourth-order valence-electron chi connectivity index (χ4n) is 2.14. The zero-order valence-corrected chi connectivity index (χ0v) is 14.4. The highest BCUT2D eigenvalue weighted by molar-refractivity contribution is 14.1. The number of nitrogens with zero attached hydrogens (tertiary/aromatic N) is 2. The van der Waals surface area contributed by atoms with Crippen LogP contribution in [0.3, 0.4) is 0 Å². The van der Waals surface area contributed by atoms with Crippen molar-refractivity contribution in [1.82, 2.24) is 9.97 Å². The number of aromatic nitrogens is 2. The molecule has 0 radical (unpaired) electrons. The van der Waals surface area contributed by atoms with E-state index >= 15 is 0 Å². The molecule has 0 bridgehead atoms. The van der Waals surface area contributed by atoms with Crippen molar-refractivity contribution in [2.24, 2.45) is 0 Å². The van der Waals surface area contributed by atoms with Gasteiger partial charge in [0, 0.05) is 18.0 Å². The first kappa shape index (κ1) is 15.0. The van der Waals surface area contributed by atoms with Gasteiger partial charge < -0.3 is 5.32 Å². The molecule has 1 N–H and O–H groups in total. The van der Waals surface area contributed by atoms with Crippen LogP contribution in [0.5, 0.6) is 0 Å². The highest BCUT2D eigenvalue weighted by Gasteiger charge is 2.29. The summed E-state index contributed by atoms with van der Waals surface area (Å²) in [6.45, 7) is 2.81. The molecule has 3 rings (SSSR count). The Hall–Kier alpha value is -0.950. The summed E-state index contributed by atoms with van der Waals surface area (Å²) >= 11 is 8.02. The SMILES string of the molecule is CCNc1nc(-c2ccc(Cl)c(F)c2)nc(C2CC2)c1I. The lowest BCUT2D eigenvalue weighted by Gasteiger charge is -2.12. The Morgan fingerprint density at radius 3 is 2.76 bits per heavy atom. The number of nitrogens with one attached hydrogen (secondary N) is 1. The fraction of sp³-hybridized carbons (Fsp3) is 0.333. The number of benzene rings is 1. The second-order valence-electron chi connectivity index (χ2n) is 5.03. The molecule has 1 aromatic heterocycles. The van der Waals surface area contributed by atoms with E-state index in [1.807, 2.05) is 6.92 Å². The molecule has 1 aliphatic rings. The minimum Gasteiger partial charge on any atom is -0.369 e. The Morgan fingerprint density at radius 1 is 1.38 bits per heavy atom. The standard InChI is InChI=1S/C15H14ClFIN3/c1-2-19-15-12(18)13(8-3-4-8)20-14(21-15)9-5-6-10(16)11(17)7-9/h5-8H,2-4H2,1H3,(H,19,20,21). The summed E-state index contributed by atoms with van der Waals surface area (Å²) in [5, 5.41) is 3.37. The average molecular weight is 418 g/mol. The zero-order chi connectivity index (χ0) is 15.0. The van der Waals surface area contributed by atoms with E-state index in [1.165, 1.54) is 12.1 Å². The Bertz CT molecular complexity index is 689. The van der Waals surface area contributed by atoms with Crippen LogP contribution in [0.25, 0.3) is 11.4 Å². The molecule has 21 heavy (non-hydrogen) atoms. The fourth-order valence-corrected chi connectivity index (χ4v) is 3.13. The maximum absolute atomic E-state index is 13.7. The Morgan fingerprint density at radius 2 is 2.14 bits per heavy atom. The molecule has 110 valence electrons. The van der Waals surface area contributed by atoms with Crippen molar-refractivity contribution in [2.75, 3.05) is 11.9 Å². The minimum atomic E-state index is -0.450. The third-order valence-electron chi connectivity index (χ3n) is 3.36. The molecule has 1 aromatic carbocycles. The monoisotopic (exact) mass is 417 g/mol. The highest BCUT2D eigenvalue weighted by Crippen LogP contribution is 2.43. The zero-order valence-electron chi connectivity index (χ0n) is 11.5. The molecule has 1 saturated carbocycles. The third-order valence-corrected chi connectivity index (χ3v) is 4.73. The quantitative estimate of drug-likeness (QED) is 0.723. The maximum Gasteiger partial charge on any atom is 0.161 e. The van der Waals surface area contributed by atoms with Crippen LogP contribution in [0.4, 0.5) is 10.2 Å². The van der Waals surface area contributed by atoms with Crippen molar-refractivity contribution in [3.8, 4) is 11.4 Å². The molecule has 0 saturated heterocycles. The first-order valence-corrected chi connectivity index (χ1v) is 8.32. The van der Waals surface area contributed by atoms with Crippen molar-refractivity contribution in [3.63, 3.8) is 0 Å². The summed E-state index contributed by atoms with van der Waals surface area (Å²) in [6, 6.07) is 4.67. The van der Waals surface area contributed by atoms with Gasteiger partial charge in [-0.2, -0.15) is 0 Å². The summed E-state index contributed by atoms with van der Waals surface area (Å²) < 4.78 is 14.7. The Balaban J connectivity index is 2.10. The topological polar surface area (TPSA) is 37.8 Å². The number of hydrogen-bond acceptors (Lipinski definition) is 3. The minimum absolute atomic E-state index is 0.110. The predicted molar refractivity (Wildman–Crippen MR) is 91.3 cm³/mol. The molecular formula is C15H14ClFIN3. The van der Waals surface area contributed by atoms with E-state index in [2.05, 4.69) is 37.9 Å². The van der Waals surface area contributed by atoms with Gasteiger partial charge in [0.25, 0.3) is 0 Å². The van der Waals surface area contributed by atoms with E-state index < -0.39 is 5.82 Å². The van der Waals surface area contributed by atoms with Gasteiger partial charge in [0.15, 0.2) is 5.82 Å². The lowest BCUT2D eigenvalue weighted by Crippen LogP contribution is -2.07. The smallest absolute Gasteiger partial charge is 0.161 e. The summed E-state index contributed by atoms with van der Waals surface area (Å²) in [6.07, 6.45) is 2.32. The van der Waals surface area contributed by atoms with Crippen molar-refractivity contribution in [3.05, 3.63) is 38.3 Å². The number of halogens is 3. The first-order chi connectivity index (χ1) is 10.1. The molecule has 0 amide bonds. The Kier molecular flexibility index (Phi) is 4.31. The van der Waals surface area contributed by atoms with Gasteiger partial charge >= 0.3 is 0 Å². The predicted octanol–water partition coefficient (Wildman–Crippen LogP) is 4.85. The number of hydrogen-bond donors (Lipinski definition) is 1. The van der Waals surface area contributed by atoms with E-state index in [0.717, 1.165) is 34.5 Å². The van der Waals surface area contributed by atoms with Gasteiger partial charge in [0.05, 0.1) is 14.3 Å². The van der Waals surface area contributed by atoms with Crippen LogP contribution in [0.2, 0.25) is 5.02 Å². The van der Waals surface area contributed by atoms with Gasteiger partial charge in [-0.05, 0) is 60.6 Å². The number of anilines is 1. The molecule has 6 heteroatoms. The van der Waals surface area contributed by atoms with E-state index in [9.17, 15) is 4.39 Å². The van der Waals surface area contributed by atoms with Crippen LogP contribution in [0.15, 0.2) is 18.2 Å². The molecule has 1 heterocycles. The molecule has 3 nitrogen and oxygen atoms in total. The summed E-state index contributed by atoms with van der Waals surface area (Å²) in [5.74, 6) is 1.42. The van der Waals surface area contributed by atoms with Crippen LogP contribution in [-0.2, 0) is 0 Å². The molecule has 0 aliphatic heterocycles. The summed E-state index contributed by atoms with van der Waals surface area (Å²) in [4.78, 5) is 9.18. The van der Waals surface area contributed by atoms with Gasteiger partial charge in [0.1, 0.15) is 11.6 Å². The maximum atomic E-state index is 13.7. The molecule has 0 unspecified atom stereocenters. The van der Waals surface area contributed by atoms with Crippen molar-refractivity contribution in [2.45, 2.75) is 25.7 Å². The van der Waals surface area contributed by atoms with Gasteiger partial charge in [-0.25, -0.2) is 14.4 Å². The highest BCUT2D eigenvalue weighted by atomic mass is 127. The van der Waals surface area contributed by atoms with Crippen molar-refractivity contribution in [1.29, 1.82) is 0 Å². The van der Waals surface area contributed by atoms with Gasteiger partial charge in [0.2, 0.25) is 0 Å². The second kappa shape index (κ2) is 6.04. The van der Waals surface area contributed by atoms with Crippen LogP contribution in [0, 0.1) is 9.39 Å². The summed E-state index contributed by atoms with van der Waals surface area (Å²) in [5.41, 5.74) is 1.71. The summed E-state index contributed by atoms with van der Waals surface area (Å²) in [7, 11) is 0. The molecule has 1 fully saturated rings. The lowest BCUT2D eigenvalue weighted by molar-refractivity contribution is 0.628. The molecule has 1 aliphatic carbocycles. The number of rotatable bonds is 4. The van der Waals surface area contributed by atoms with E-state index in [4.69, 9.17) is 11.6 Å². The van der Waals surface area contributed by atoms with Crippen LogP contribution < -0.4 is 5.32 Å². The van der Waals surface area contributed by atoms with Gasteiger partial charge in [-0.3, -0.25) is 0 Å². The van der Waals surface area contributed by atoms with E-state index in [0.29, 0.717) is 17.3 Å². The normalized spacial score (nSPS) is 14.3. The molecular weight excluding hydrogens is 404 g/mol. The van der Waals surface area contributed by atoms with Gasteiger partial charge in [-0.1, -0.05) is 11.6 Å². The first-order valence-electron chi connectivity index (χ1n) is 6.87. The largest absolute Gasteiger partial charge is 0.369 e. The van der Waals surface area contributed by atoms with Crippen molar-refractivity contribution >= 4 is 40.0 Å². The second-order valence-corrected chi connectivity index (χ2v) is 6.51. The van der Waals surface area contributed by atoms with Crippen molar-refractivity contribution < 1.29 is 4.39 Å². The van der Waals surface area contributed by atoms with Crippen LogP contribution in [-0.4, -0.2) is 16.5 Å². The van der Waals surface area contributed by atoms with E-state index in [-0.39, 0.29) is 5.02 Å². The van der Waals surface area contributed by atoms with Gasteiger partial charge in [-0.15, -0.1) is 0 Å². The van der Waals surface area contributed by atoms with Crippen LogP contribution >= 0.6 is 34.2 Å². The molecule has 0 atom stereocenters. The Labute approximate surface area is 141 Å².